The smallest absolute Gasteiger partial charge is 0.237 e. The Balaban J connectivity index is 1.65. The van der Waals surface area contributed by atoms with Crippen LogP contribution in [0.15, 0.2) is 30.3 Å². The zero-order chi connectivity index (χ0) is 12.1. The minimum absolute atomic E-state index is 0.0979. The molecule has 0 heterocycles. The lowest BCUT2D eigenvalue weighted by Gasteiger charge is -2.13. The van der Waals surface area contributed by atoms with Gasteiger partial charge in [-0.15, -0.1) is 0 Å². The fourth-order valence-corrected chi connectivity index (χ4v) is 1.72. The summed E-state index contributed by atoms with van der Waals surface area (Å²) in [5.74, 6) is 0.126. The van der Waals surface area contributed by atoms with Crippen LogP contribution in [0.3, 0.4) is 0 Å². The van der Waals surface area contributed by atoms with Gasteiger partial charge in [-0.1, -0.05) is 30.3 Å². The van der Waals surface area contributed by atoms with Gasteiger partial charge < -0.3 is 10.6 Å². The van der Waals surface area contributed by atoms with Crippen molar-refractivity contribution < 1.29 is 4.79 Å². The molecule has 3 nitrogen and oxygen atoms in total. The standard InChI is InChI=1S/C14H20N2O/c1-11(14(17)16-13-7-8-13)15-10-9-12-5-3-2-4-6-12/h2-6,11,13,15H,7-10H2,1H3,(H,16,17). The molecule has 3 heteroatoms. The van der Waals surface area contributed by atoms with E-state index in [4.69, 9.17) is 0 Å². The number of rotatable bonds is 6. The van der Waals surface area contributed by atoms with Gasteiger partial charge in [0, 0.05) is 6.04 Å². The molecule has 1 saturated carbocycles. The van der Waals surface area contributed by atoms with E-state index in [0.717, 1.165) is 25.8 Å². The summed E-state index contributed by atoms with van der Waals surface area (Å²) in [5, 5.41) is 6.25. The first-order chi connectivity index (χ1) is 8.25. The minimum Gasteiger partial charge on any atom is -0.352 e. The van der Waals surface area contributed by atoms with Crippen molar-refractivity contribution in [3.05, 3.63) is 35.9 Å². The first-order valence-corrected chi connectivity index (χ1v) is 6.33. The Morgan fingerprint density at radius 3 is 2.71 bits per heavy atom. The van der Waals surface area contributed by atoms with Crippen LogP contribution < -0.4 is 10.6 Å². The van der Waals surface area contributed by atoms with Crippen molar-refractivity contribution in [1.82, 2.24) is 10.6 Å². The van der Waals surface area contributed by atoms with E-state index >= 15 is 0 Å². The maximum Gasteiger partial charge on any atom is 0.237 e. The highest BCUT2D eigenvalue weighted by atomic mass is 16.2. The molecule has 1 fully saturated rings. The molecular formula is C14H20N2O. The average Bonchev–Trinajstić information content (AvgIpc) is 3.14. The molecule has 0 aliphatic heterocycles. The molecule has 1 aromatic carbocycles. The van der Waals surface area contributed by atoms with Crippen molar-refractivity contribution in [3.8, 4) is 0 Å². The van der Waals surface area contributed by atoms with Gasteiger partial charge in [0.05, 0.1) is 6.04 Å². The summed E-state index contributed by atoms with van der Waals surface area (Å²) in [6.45, 7) is 2.76. The number of benzene rings is 1. The quantitative estimate of drug-likeness (QED) is 0.780. The van der Waals surface area contributed by atoms with Gasteiger partial charge in [-0.05, 0) is 38.3 Å². The number of amides is 1. The second kappa shape index (κ2) is 5.82. The molecule has 1 atom stereocenters. The molecule has 0 spiro atoms. The van der Waals surface area contributed by atoms with Gasteiger partial charge in [0.1, 0.15) is 0 Å². The summed E-state index contributed by atoms with van der Waals surface area (Å²) in [4.78, 5) is 11.7. The summed E-state index contributed by atoms with van der Waals surface area (Å²) >= 11 is 0. The van der Waals surface area contributed by atoms with Crippen LogP contribution in [0, 0.1) is 0 Å². The highest BCUT2D eigenvalue weighted by Gasteiger charge is 2.25. The van der Waals surface area contributed by atoms with Crippen molar-refractivity contribution in [2.24, 2.45) is 0 Å². The van der Waals surface area contributed by atoms with E-state index < -0.39 is 0 Å². The molecule has 0 saturated heterocycles. The lowest BCUT2D eigenvalue weighted by molar-refractivity contribution is -0.122. The number of carbonyl (C=O) groups excluding carboxylic acids is 1. The fourth-order valence-electron chi connectivity index (χ4n) is 1.72. The Kier molecular flexibility index (Phi) is 4.15. The first-order valence-electron chi connectivity index (χ1n) is 6.33. The van der Waals surface area contributed by atoms with Crippen molar-refractivity contribution >= 4 is 5.91 Å². The molecule has 1 aromatic rings. The molecule has 1 aliphatic carbocycles. The first kappa shape index (κ1) is 12.1. The molecule has 2 rings (SSSR count). The molecule has 1 amide bonds. The molecule has 1 aliphatic rings. The van der Waals surface area contributed by atoms with Gasteiger partial charge in [-0.25, -0.2) is 0 Å². The number of hydrogen-bond donors (Lipinski definition) is 2. The molecule has 2 N–H and O–H groups in total. The van der Waals surface area contributed by atoms with E-state index in [-0.39, 0.29) is 11.9 Å². The zero-order valence-electron chi connectivity index (χ0n) is 10.3. The highest BCUT2D eigenvalue weighted by Crippen LogP contribution is 2.18. The van der Waals surface area contributed by atoms with E-state index in [1.54, 1.807) is 0 Å². The molecule has 0 aromatic heterocycles. The topological polar surface area (TPSA) is 41.1 Å². The maximum atomic E-state index is 11.7. The summed E-state index contributed by atoms with van der Waals surface area (Å²) < 4.78 is 0. The van der Waals surface area contributed by atoms with Crippen LogP contribution >= 0.6 is 0 Å². The van der Waals surface area contributed by atoms with Gasteiger partial charge in [0.15, 0.2) is 0 Å². The maximum absolute atomic E-state index is 11.7. The van der Waals surface area contributed by atoms with E-state index in [9.17, 15) is 4.79 Å². The molecule has 92 valence electrons. The van der Waals surface area contributed by atoms with Crippen LogP contribution in [-0.4, -0.2) is 24.5 Å². The lowest BCUT2D eigenvalue weighted by atomic mass is 10.1. The van der Waals surface area contributed by atoms with Gasteiger partial charge >= 0.3 is 0 Å². The second-order valence-electron chi connectivity index (χ2n) is 4.69. The van der Waals surface area contributed by atoms with E-state index in [0.29, 0.717) is 6.04 Å². The fraction of sp³-hybridized carbons (Fsp3) is 0.500. The number of carbonyl (C=O) groups is 1. The largest absolute Gasteiger partial charge is 0.352 e. The van der Waals surface area contributed by atoms with Crippen molar-refractivity contribution in [2.75, 3.05) is 6.54 Å². The molecule has 0 radical (unpaired) electrons. The van der Waals surface area contributed by atoms with Gasteiger partial charge in [0.2, 0.25) is 5.91 Å². The SMILES string of the molecule is CC(NCCc1ccccc1)C(=O)NC1CC1. The third-order valence-corrected chi connectivity index (χ3v) is 3.02. The summed E-state index contributed by atoms with van der Waals surface area (Å²) in [5.41, 5.74) is 1.30. The van der Waals surface area contributed by atoms with Crippen LogP contribution in [0.2, 0.25) is 0 Å². The van der Waals surface area contributed by atoms with Crippen LogP contribution in [-0.2, 0) is 11.2 Å². The Hall–Kier alpha value is -1.35. The molecule has 17 heavy (non-hydrogen) atoms. The van der Waals surface area contributed by atoms with Crippen LogP contribution in [0.1, 0.15) is 25.3 Å². The van der Waals surface area contributed by atoms with Gasteiger partial charge in [-0.3, -0.25) is 4.79 Å². The third-order valence-electron chi connectivity index (χ3n) is 3.02. The third kappa shape index (κ3) is 4.19. The molecular weight excluding hydrogens is 212 g/mol. The van der Waals surface area contributed by atoms with Gasteiger partial charge in [-0.2, -0.15) is 0 Å². The van der Waals surface area contributed by atoms with Crippen molar-refractivity contribution in [3.63, 3.8) is 0 Å². The second-order valence-corrected chi connectivity index (χ2v) is 4.69. The Bertz CT molecular complexity index is 360. The van der Waals surface area contributed by atoms with Crippen LogP contribution in [0.25, 0.3) is 0 Å². The molecule has 0 bridgehead atoms. The number of nitrogens with one attached hydrogen (secondary N) is 2. The Morgan fingerprint density at radius 1 is 1.35 bits per heavy atom. The van der Waals surface area contributed by atoms with Gasteiger partial charge in [0.25, 0.3) is 0 Å². The Morgan fingerprint density at radius 2 is 2.06 bits per heavy atom. The Labute approximate surface area is 103 Å². The summed E-state index contributed by atoms with van der Waals surface area (Å²) in [7, 11) is 0. The highest BCUT2D eigenvalue weighted by molar-refractivity contribution is 5.81. The normalized spacial score (nSPS) is 16.5. The summed E-state index contributed by atoms with van der Waals surface area (Å²) in [6, 6.07) is 10.7. The lowest BCUT2D eigenvalue weighted by Crippen LogP contribution is -2.43. The predicted molar refractivity (Wildman–Crippen MR) is 68.8 cm³/mol. The van der Waals surface area contributed by atoms with E-state index in [1.807, 2.05) is 25.1 Å². The minimum atomic E-state index is -0.0979. The van der Waals surface area contributed by atoms with E-state index in [1.165, 1.54) is 5.56 Å². The number of hydrogen-bond acceptors (Lipinski definition) is 2. The summed E-state index contributed by atoms with van der Waals surface area (Å²) in [6.07, 6.45) is 3.24. The van der Waals surface area contributed by atoms with E-state index in [2.05, 4.69) is 22.8 Å². The predicted octanol–water partition coefficient (Wildman–Crippen LogP) is 1.49. The average molecular weight is 232 g/mol. The zero-order valence-corrected chi connectivity index (χ0v) is 10.3. The van der Waals surface area contributed by atoms with Crippen LogP contribution in [0.4, 0.5) is 0 Å². The monoisotopic (exact) mass is 232 g/mol. The van der Waals surface area contributed by atoms with Crippen LogP contribution in [0.5, 0.6) is 0 Å². The van der Waals surface area contributed by atoms with Crippen molar-refractivity contribution in [1.29, 1.82) is 0 Å². The van der Waals surface area contributed by atoms with Crippen molar-refractivity contribution in [2.45, 2.75) is 38.3 Å². The molecule has 1 unspecified atom stereocenters.